The number of ketones is 1. The summed E-state index contributed by atoms with van der Waals surface area (Å²) in [5.74, 6) is -0.512. The fraction of sp³-hybridized carbons (Fsp3) is 0.250. The molecule has 166 valence electrons. The molecular formula is C24H25N3O5. The number of rotatable bonds is 8. The molecule has 1 heterocycles. The summed E-state index contributed by atoms with van der Waals surface area (Å²) in [5, 5.41) is 5.30. The number of hydrogen-bond acceptors (Lipinski definition) is 5. The van der Waals surface area contributed by atoms with Gasteiger partial charge in [0.15, 0.2) is 5.78 Å². The van der Waals surface area contributed by atoms with Gasteiger partial charge in [0.1, 0.15) is 17.9 Å². The number of imide groups is 1. The highest BCUT2D eigenvalue weighted by Gasteiger charge is 2.49. The third kappa shape index (κ3) is 4.85. The zero-order valence-corrected chi connectivity index (χ0v) is 18.2. The van der Waals surface area contributed by atoms with E-state index in [1.807, 2.05) is 6.92 Å². The first-order valence-electron chi connectivity index (χ1n) is 10.0. The molecule has 1 aliphatic rings. The minimum atomic E-state index is -1.29. The number of hydrogen-bond donors (Lipinski definition) is 2. The van der Waals surface area contributed by atoms with Crippen LogP contribution < -0.4 is 15.4 Å². The number of urea groups is 1. The van der Waals surface area contributed by atoms with Crippen molar-refractivity contribution in [1.82, 2.24) is 10.2 Å². The van der Waals surface area contributed by atoms with Crippen LogP contribution in [-0.4, -0.2) is 41.7 Å². The van der Waals surface area contributed by atoms with Crippen LogP contribution in [0.1, 0.15) is 36.7 Å². The largest absolute Gasteiger partial charge is 0.489 e. The van der Waals surface area contributed by atoms with Crippen molar-refractivity contribution in [2.45, 2.75) is 26.3 Å². The lowest BCUT2D eigenvalue weighted by Crippen LogP contribution is -2.41. The first-order valence-corrected chi connectivity index (χ1v) is 10.0. The number of anilines is 1. The van der Waals surface area contributed by atoms with Crippen LogP contribution in [0.3, 0.4) is 0 Å². The summed E-state index contributed by atoms with van der Waals surface area (Å²) >= 11 is 0. The highest BCUT2D eigenvalue weighted by molar-refractivity contribution is 6.11. The Kier molecular flexibility index (Phi) is 6.43. The molecular weight excluding hydrogens is 410 g/mol. The molecule has 3 rings (SSSR count). The molecule has 32 heavy (non-hydrogen) atoms. The van der Waals surface area contributed by atoms with Gasteiger partial charge in [0, 0.05) is 18.2 Å². The van der Waals surface area contributed by atoms with E-state index in [1.54, 1.807) is 43.3 Å². The van der Waals surface area contributed by atoms with E-state index < -0.39 is 23.3 Å². The fourth-order valence-electron chi connectivity index (χ4n) is 3.30. The van der Waals surface area contributed by atoms with Crippen LogP contribution in [0.4, 0.5) is 10.5 Å². The minimum Gasteiger partial charge on any atom is -0.489 e. The van der Waals surface area contributed by atoms with Crippen LogP contribution >= 0.6 is 0 Å². The Morgan fingerprint density at radius 2 is 1.69 bits per heavy atom. The summed E-state index contributed by atoms with van der Waals surface area (Å²) in [6.45, 7) is 8.62. The molecule has 0 aromatic heterocycles. The zero-order valence-electron chi connectivity index (χ0n) is 18.2. The Morgan fingerprint density at radius 3 is 2.25 bits per heavy atom. The molecule has 1 unspecified atom stereocenters. The molecule has 1 atom stereocenters. The van der Waals surface area contributed by atoms with Gasteiger partial charge in [0.2, 0.25) is 5.91 Å². The smallest absolute Gasteiger partial charge is 0.325 e. The normalized spacial score (nSPS) is 17.7. The molecule has 2 aromatic rings. The van der Waals surface area contributed by atoms with E-state index in [1.165, 1.54) is 19.1 Å². The summed E-state index contributed by atoms with van der Waals surface area (Å²) < 4.78 is 5.57. The van der Waals surface area contributed by atoms with Crippen molar-refractivity contribution in [1.29, 1.82) is 0 Å². The molecule has 0 saturated carbocycles. The maximum atomic E-state index is 13.1. The van der Waals surface area contributed by atoms with Crippen molar-refractivity contribution in [2.75, 3.05) is 18.5 Å². The van der Waals surface area contributed by atoms with Gasteiger partial charge in [-0.3, -0.25) is 19.3 Å². The van der Waals surface area contributed by atoms with Gasteiger partial charge >= 0.3 is 6.03 Å². The van der Waals surface area contributed by atoms with Crippen molar-refractivity contribution >= 4 is 29.3 Å². The Labute approximate surface area is 186 Å². The lowest BCUT2D eigenvalue weighted by molar-refractivity contribution is -0.130. The predicted molar refractivity (Wildman–Crippen MR) is 119 cm³/mol. The molecule has 8 nitrogen and oxygen atoms in total. The van der Waals surface area contributed by atoms with E-state index in [0.29, 0.717) is 29.2 Å². The number of Topliss-reactive ketones (excluding diaryl/α,β-unsaturated/α-hetero) is 1. The van der Waals surface area contributed by atoms with E-state index in [4.69, 9.17) is 4.74 Å². The minimum absolute atomic E-state index is 0.224. The van der Waals surface area contributed by atoms with Gasteiger partial charge in [-0.25, -0.2) is 4.79 Å². The van der Waals surface area contributed by atoms with Crippen molar-refractivity contribution in [2.24, 2.45) is 0 Å². The maximum Gasteiger partial charge on any atom is 0.325 e. The Morgan fingerprint density at radius 1 is 1.06 bits per heavy atom. The quantitative estimate of drug-likeness (QED) is 0.376. The van der Waals surface area contributed by atoms with Crippen LogP contribution in [0.25, 0.3) is 0 Å². The number of benzene rings is 2. The Balaban J connectivity index is 1.71. The number of nitrogens with one attached hydrogen (secondary N) is 2. The van der Waals surface area contributed by atoms with Crippen molar-refractivity contribution in [3.05, 3.63) is 71.8 Å². The zero-order chi connectivity index (χ0) is 23.5. The average molecular weight is 435 g/mol. The molecule has 2 N–H and O–H groups in total. The summed E-state index contributed by atoms with van der Waals surface area (Å²) in [6, 6.07) is 12.5. The topological polar surface area (TPSA) is 105 Å². The number of carbonyl (C=O) groups excluding carboxylic acids is 4. The van der Waals surface area contributed by atoms with Crippen molar-refractivity contribution < 1.29 is 23.9 Å². The van der Waals surface area contributed by atoms with Crippen LogP contribution in [0, 0.1) is 0 Å². The third-order valence-corrected chi connectivity index (χ3v) is 5.02. The van der Waals surface area contributed by atoms with E-state index in [9.17, 15) is 19.2 Å². The van der Waals surface area contributed by atoms with Gasteiger partial charge in [0.05, 0.1) is 6.54 Å². The SMILES string of the molecule is C=C(C)COc1ccc(C2(C)NC(=O)N(CC(=O)c3ccc(NC(C)=O)cc3)C2=O)cc1. The standard InChI is InChI=1S/C24H25N3O5/c1-15(2)14-32-20-11-7-18(8-12-20)24(4)22(30)27(23(31)26-24)13-21(29)17-5-9-19(10-6-17)25-16(3)28/h5-12H,1,13-14H2,2-4H3,(H,25,28)(H,26,31). The van der Waals surface area contributed by atoms with E-state index in [-0.39, 0.29) is 12.5 Å². The van der Waals surface area contributed by atoms with Gasteiger partial charge < -0.3 is 15.4 Å². The van der Waals surface area contributed by atoms with Gasteiger partial charge in [-0.2, -0.15) is 0 Å². The highest BCUT2D eigenvalue weighted by atomic mass is 16.5. The number of ether oxygens (including phenoxy) is 1. The predicted octanol–water partition coefficient (Wildman–Crippen LogP) is 3.25. The molecule has 0 aliphatic carbocycles. The second kappa shape index (κ2) is 9.05. The van der Waals surface area contributed by atoms with Crippen LogP contribution in [-0.2, 0) is 15.1 Å². The molecule has 0 radical (unpaired) electrons. The molecule has 2 aromatic carbocycles. The molecule has 0 spiro atoms. The second-order valence-electron chi connectivity index (χ2n) is 7.90. The number of amides is 4. The molecule has 4 amide bonds. The van der Waals surface area contributed by atoms with Crippen molar-refractivity contribution in [3.63, 3.8) is 0 Å². The van der Waals surface area contributed by atoms with E-state index >= 15 is 0 Å². The van der Waals surface area contributed by atoms with Gasteiger partial charge in [0.25, 0.3) is 5.91 Å². The number of carbonyl (C=O) groups is 4. The summed E-state index contributed by atoms with van der Waals surface area (Å²) in [7, 11) is 0. The van der Waals surface area contributed by atoms with Crippen LogP contribution in [0.15, 0.2) is 60.7 Å². The van der Waals surface area contributed by atoms with Crippen LogP contribution in [0.5, 0.6) is 5.75 Å². The van der Waals surface area contributed by atoms with Gasteiger partial charge in [-0.1, -0.05) is 18.7 Å². The summed E-state index contributed by atoms with van der Waals surface area (Å²) in [5.41, 5.74) is 1.04. The monoisotopic (exact) mass is 435 g/mol. The average Bonchev–Trinajstić information content (AvgIpc) is 2.96. The van der Waals surface area contributed by atoms with Crippen molar-refractivity contribution in [3.8, 4) is 5.75 Å². The second-order valence-corrected chi connectivity index (χ2v) is 7.90. The molecule has 1 fully saturated rings. The lowest BCUT2D eigenvalue weighted by atomic mass is 9.92. The molecule has 1 saturated heterocycles. The molecule has 1 aliphatic heterocycles. The maximum absolute atomic E-state index is 13.1. The summed E-state index contributed by atoms with van der Waals surface area (Å²) in [4.78, 5) is 50.3. The molecule has 0 bridgehead atoms. The first kappa shape index (κ1) is 22.7. The van der Waals surface area contributed by atoms with E-state index in [2.05, 4.69) is 17.2 Å². The fourth-order valence-corrected chi connectivity index (χ4v) is 3.30. The first-order chi connectivity index (χ1) is 15.1. The highest BCUT2D eigenvalue weighted by Crippen LogP contribution is 2.30. The van der Waals surface area contributed by atoms with Gasteiger partial charge in [-0.05, 0) is 61.4 Å². The third-order valence-electron chi connectivity index (χ3n) is 5.02. The van der Waals surface area contributed by atoms with Crippen LogP contribution in [0.2, 0.25) is 0 Å². The molecule has 8 heteroatoms. The van der Waals surface area contributed by atoms with Gasteiger partial charge in [-0.15, -0.1) is 0 Å². The summed E-state index contributed by atoms with van der Waals surface area (Å²) in [6.07, 6.45) is 0. The number of nitrogens with zero attached hydrogens (tertiary/aromatic N) is 1. The van der Waals surface area contributed by atoms with E-state index in [0.717, 1.165) is 10.5 Å². The lowest BCUT2D eigenvalue weighted by Gasteiger charge is -2.22. The Bertz CT molecular complexity index is 1080. The Hall–Kier alpha value is -3.94.